The number of rotatable bonds is 9. The van der Waals surface area contributed by atoms with Gasteiger partial charge in [-0.1, -0.05) is 43.7 Å². The molecule has 1 N–H and O–H groups in total. The van der Waals surface area contributed by atoms with E-state index in [1.54, 1.807) is 0 Å². The van der Waals surface area contributed by atoms with Crippen LogP contribution in [0.3, 0.4) is 0 Å². The fraction of sp³-hybridized carbons (Fsp3) is 0.333. The number of unbranched alkanes of at least 4 members (excludes halogenated alkanes) is 1. The van der Waals surface area contributed by atoms with E-state index in [4.69, 9.17) is 9.47 Å². The van der Waals surface area contributed by atoms with Gasteiger partial charge in [-0.05, 0) is 30.7 Å². The summed E-state index contributed by atoms with van der Waals surface area (Å²) in [6.45, 7) is 4.22. The molecule has 0 spiro atoms. The molecule has 3 heteroatoms. The van der Waals surface area contributed by atoms with Crippen molar-refractivity contribution in [3.8, 4) is 11.5 Å². The van der Waals surface area contributed by atoms with Crippen LogP contribution in [0.1, 0.15) is 19.8 Å². The summed E-state index contributed by atoms with van der Waals surface area (Å²) in [5, 5.41) is 3.41. The first-order valence-corrected chi connectivity index (χ1v) is 7.53. The average Bonchev–Trinajstić information content (AvgIpc) is 2.54. The Morgan fingerprint density at radius 1 is 0.857 bits per heavy atom. The summed E-state index contributed by atoms with van der Waals surface area (Å²) in [4.78, 5) is 0. The highest BCUT2D eigenvalue weighted by Gasteiger charge is 2.02. The molecule has 0 fully saturated rings. The molecular formula is C18H23NO2. The van der Waals surface area contributed by atoms with Crippen molar-refractivity contribution in [2.45, 2.75) is 19.8 Å². The summed E-state index contributed by atoms with van der Waals surface area (Å²) in [6, 6.07) is 17.8. The van der Waals surface area contributed by atoms with Crippen LogP contribution in [0.15, 0.2) is 54.6 Å². The van der Waals surface area contributed by atoms with Gasteiger partial charge in [-0.25, -0.2) is 0 Å². The van der Waals surface area contributed by atoms with E-state index in [1.165, 1.54) is 6.42 Å². The van der Waals surface area contributed by atoms with Gasteiger partial charge in [-0.2, -0.15) is 0 Å². The minimum atomic E-state index is 0.529. The SMILES string of the molecule is CCCCNc1ccccc1OCCOc1ccccc1. The number of nitrogens with one attached hydrogen (secondary N) is 1. The maximum Gasteiger partial charge on any atom is 0.142 e. The fourth-order valence-corrected chi connectivity index (χ4v) is 1.97. The summed E-state index contributed by atoms with van der Waals surface area (Å²) in [7, 11) is 0. The molecule has 0 radical (unpaired) electrons. The van der Waals surface area contributed by atoms with Gasteiger partial charge >= 0.3 is 0 Å². The Morgan fingerprint density at radius 2 is 1.57 bits per heavy atom. The van der Waals surface area contributed by atoms with Crippen molar-refractivity contribution >= 4 is 5.69 Å². The van der Waals surface area contributed by atoms with Gasteiger partial charge in [0.25, 0.3) is 0 Å². The molecule has 0 unspecified atom stereocenters. The summed E-state index contributed by atoms with van der Waals surface area (Å²) < 4.78 is 11.4. The van der Waals surface area contributed by atoms with Crippen molar-refractivity contribution in [3.05, 3.63) is 54.6 Å². The van der Waals surface area contributed by atoms with Crippen molar-refractivity contribution in [3.63, 3.8) is 0 Å². The van der Waals surface area contributed by atoms with Gasteiger partial charge in [0.2, 0.25) is 0 Å². The number of hydrogen-bond acceptors (Lipinski definition) is 3. The molecule has 0 aliphatic heterocycles. The van der Waals surface area contributed by atoms with Gasteiger partial charge in [0.1, 0.15) is 24.7 Å². The van der Waals surface area contributed by atoms with Crippen LogP contribution >= 0.6 is 0 Å². The zero-order valence-electron chi connectivity index (χ0n) is 12.5. The molecule has 0 aliphatic rings. The summed E-state index contributed by atoms with van der Waals surface area (Å²) in [5.41, 5.74) is 1.05. The second-order valence-corrected chi connectivity index (χ2v) is 4.79. The highest BCUT2D eigenvalue weighted by molar-refractivity contribution is 5.56. The summed E-state index contributed by atoms with van der Waals surface area (Å²) in [6.07, 6.45) is 2.34. The van der Waals surface area contributed by atoms with E-state index in [1.807, 2.05) is 54.6 Å². The van der Waals surface area contributed by atoms with E-state index in [0.717, 1.165) is 30.2 Å². The van der Waals surface area contributed by atoms with Gasteiger partial charge in [0.15, 0.2) is 0 Å². The van der Waals surface area contributed by atoms with Crippen molar-refractivity contribution in [1.82, 2.24) is 0 Å². The Bertz CT molecular complexity index is 514. The van der Waals surface area contributed by atoms with E-state index >= 15 is 0 Å². The zero-order valence-corrected chi connectivity index (χ0v) is 12.5. The van der Waals surface area contributed by atoms with E-state index in [0.29, 0.717) is 13.2 Å². The minimum Gasteiger partial charge on any atom is -0.490 e. The van der Waals surface area contributed by atoms with Gasteiger partial charge in [-0.3, -0.25) is 0 Å². The molecule has 2 rings (SSSR count). The van der Waals surface area contributed by atoms with Crippen LogP contribution in [0.25, 0.3) is 0 Å². The molecule has 21 heavy (non-hydrogen) atoms. The second-order valence-electron chi connectivity index (χ2n) is 4.79. The number of para-hydroxylation sites is 3. The van der Waals surface area contributed by atoms with Gasteiger partial charge in [-0.15, -0.1) is 0 Å². The number of benzene rings is 2. The predicted molar refractivity (Wildman–Crippen MR) is 87.3 cm³/mol. The van der Waals surface area contributed by atoms with E-state index in [-0.39, 0.29) is 0 Å². The van der Waals surface area contributed by atoms with Crippen LogP contribution in [-0.2, 0) is 0 Å². The number of ether oxygens (including phenoxy) is 2. The largest absolute Gasteiger partial charge is 0.490 e. The van der Waals surface area contributed by atoms with Crippen LogP contribution in [-0.4, -0.2) is 19.8 Å². The van der Waals surface area contributed by atoms with Crippen LogP contribution in [0.4, 0.5) is 5.69 Å². The first kappa shape index (κ1) is 15.2. The van der Waals surface area contributed by atoms with Crippen molar-refractivity contribution in [2.24, 2.45) is 0 Å². The van der Waals surface area contributed by atoms with E-state index in [2.05, 4.69) is 12.2 Å². The molecular weight excluding hydrogens is 262 g/mol. The zero-order chi connectivity index (χ0) is 14.8. The quantitative estimate of drug-likeness (QED) is 0.694. The maximum absolute atomic E-state index is 5.80. The Balaban J connectivity index is 1.77. The molecule has 0 saturated heterocycles. The highest BCUT2D eigenvalue weighted by atomic mass is 16.5. The summed E-state index contributed by atoms with van der Waals surface area (Å²) >= 11 is 0. The van der Waals surface area contributed by atoms with Gasteiger partial charge in [0, 0.05) is 6.54 Å². The van der Waals surface area contributed by atoms with Crippen LogP contribution < -0.4 is 14.8 Å². The lowest BCUT2D eigenvalue weighted by molar-refractivity contribution is 0.218. The molecule has 0 heterocycles. The minimum absolute atomic E-state index is 0.529. The van der Waals surface area contributed by atoms with Crippen LogP contribution in [0.2, 0.25) is 0 Å². The summed E-state index contributed by atoms with van der Waals surface area (Å²) in [5.74, 6) is 1.75. The second kappa shape index (κ2) is 8.90. The number of hydrogen-bond donors (Lipinski definition) is 1. The van der Waals surface area contributed by atoms with E-state index < -0.39 is 0 Å². The Hall–Kier alpha value is -2.16. The monoisotopic (exact) mass is 285 g/mol. The maximum atomic E-state index is 5.80. The molecule has 0 aromatic heterocycles. The normalized spacial score (nSPS) is 10.1. The molecule has 0 aliphatic carbocycles. The molecule has 0 bridgehead atoms. The van der Waals surface area contributed by atoms with Gasteiger partial charge < -0.3 is 14.8 Å². The lowest BCUT2D eigenvalue weighted by Gasteiger charge is -2.13. The van der Waals surface area contributed by atoms with E-state index in [9.17, 15) is 0 Å². The first-order valence-electron chi connectivity index (χ1n) is 7.53. The third-order valence-corrected chi connectivity index (χ3v) is 3.09. The smallest absolute Gasteiger partial charge is 0.142 e. The molecule has 0 atom stereocenters. The van der Waals surface area contributed by atoms with Crippen LogP contribution in [0.5, 0.6) is 11.5 Å². The molecule has 2 aromatic carbocycles. The first-order chi connectivity index (χ1) is 10.4. The Kier molecular flexibility index (Phi) is 6.46. The molecule has 0 amide bonds. The predicted octanol–water partition coefficient (Wildman–Crippen LogP) is 4.36. The fourth-order valence-electron chi connectivity index (χ4n) is 1.97. The molecule has 3 nitrogen and oxygen atoms in total. The van der Waals surface area contributed by atoms with Gasteiger partial charge in [0.05, 0.1) is 5.69 Å². The Morgan fingerprint density at radius 3 is 2.38 bits per heavy atom. The average molecular weight is 285 g/mol. The highest BCUT2D eigenvalue weighted by Crippen LogP contribution is 2.23. The number of anilines is 1. The van der Waals surface area contributed by atoms with Crippen molar-refractivity contribution in [1.29, 1.82) is 0 Å². The lowest BCUT2D eigenvalue weighted by atomic mass is 10.2. The molecule has 112 valence electrons. The standard InChI is InChI=1S/C18H23NO2/c1-2-3-13-19-17-11-7-8-12-18(17)21-15-14-20-16-9-5-4-6-10-16/h4-12,19H,2-3,13-15H2,1H3. The van der Waals surface area contributed by atoms with Crippen molar-refractivity contribution < 1.29 is 9.47 Å². The third kappa shape index (κ3) is 5.38. The molecule has 2 aromatic rings. The lowest BCUT2D eigenvalue weighted by Crippen LogP contribution is -2.10. The molecule has 0 saturated carbocycles. The van der Waals surface area contributed by atoms with Crippen LogP contribution in [0, 0.1) is 0 Å². The third-order valence-electron chi connectivity index (χ3n) is 3.09. The van der Waals surface area contributed by atoms with Crippen molar-refractivity contribution in [2.75, 3.05) is 25.1 Å². The topological polar surface area (TPSA) is 30.5 Å². The Labute approximate surface area is 126 Å².